The van der Waals surface area contributed by atoms with E-state index in [0.717, 1.165) is 13.0 Å². The van der Waals surface area contributed by atoms with Crippen molar-refractivity contribution in [1.29, 1.82) is 0 Å². The highest BCUT2D eigenvalue weighted by Gasteiger charge is 2.27. The number of likely N-dealkylation sites (tertiary alicyclic amines) is 1. The van der Waals surface area contributed by atoms with E-state index in [-0.39, 0.29) is 24.5 Å². The average Bonchev–Trinajstić information content (AvgIpc) is 2.66. The molecule has 1 saturated heterocycles. The van der Waals surface area contributed by atoms with Gasteiger partial charge in [0.1, 0.15) is 0 Å². The minimum atomic E-state index is -0.455. The molecule has 1 heterocycles. The Morgan fingerprint density at radius 3 is 2.76 bits per heavy atom. The Kier molecular flexibility index (Phi) is 5.37. The molecule has 3 amide bonds. The maximum atomic E-state index is 11.5. The average molecular weight is 243 g/mol. The molecule has 98 valence electrons. The lowest BCUT2D eigenvalue weighted by Crippen LogP contribution is -2.44. The second kappa shape index (κ2) is 6.56. The summed E-state index contributed by atoms with van der Waals surface area (Å²) in [5.41, 5.74) is 0. The van der Waals surface area contributed by atoms with Crippen molar-refractivity contribution in [3.63, 3.8) is 0 Å². The number of imide groups is 1. The maximum Gasteiger partial charge on any atom is 0.321 e. The highest BCUT2D eigenvalue weighted by atomic mass is 16.3. The second-order valence-electron chi connectivity index (χ2n) is 4.43. The van der Waals surface area contributed by atoms with Crippen LogP contribution in [0.1, 0.15) is 20.3 Å². The maximum absolute atomic E-state index is 11.5. The Labute approximate surface area is 101 Å². The molecule has 0 aromatic heterocycles. The number of nitrogens with zero attached hydrogens (tertiary/aromatic N) is 1. The van der Waals surface area contributed by atoms with Gasteiger partial charge in [0.25, 0.3) is 0 Å². The molecule has 3 N–H and O–H groups in total. The summed E-state index contributed by atoms with van der Waals surface area (Å²) < 4.78 is 0. The van der Waals surface area contributed by atoms with Crippen LogP contribution >= 0.6 is 0 Å². The molecule has 1 aliphatic heterocycles. The van der Waals surface area contributed by atoms with Gasteiger partial charge in [-0.15, -0.1) is 0 Å². The van der Waals surface area contributed by atoms with Crippen molar-refractivity contribution >= 4 is 11.9 Å². The summed E-state index contributed by atoms with van der Waals surface area (Å²) in [5.74, 6) is -0.0746. The van der Waals surface area contributed by atoms with Crippen molar-refractivity contribution in [2.75, 3.05) is 26.2 Å². The van der Waals surface area contributed by atoms with Crippen molar-refractivity contribution in [2.45, 2.75) is 26.4 Å². The fourth-order valence-electron chi connectivity index (χ4n) is 1.97. The molecular weight excluding hydrogens is 222 g/mol. The molecule has 1 fully saturated rings. The van der Waals surface area contributed by atoms with E-state index in [0.29, 0.717) is 13.1 Å². The van der Waals surface area contributed by atoms with Crippen LogP contribution in [0.25, 0.3) is 0 Å². The third-order valence-electron chi connectivity index (χ3n) is 2.95. The smallest absolute Gasteiger partial charge is 0.321 e. The summed E-state index contributed by atoms with van der Waals surface area (Å²) in [6.45, 7) is 5.76. The Morgan fingerprint density at radius 2 is 2.24 bits per heavy atom. The van der Waals surface area contributed by atoms with E-state index in [1.165, 1.54) is 0 Å². The molecule has 1 rings (SSSR count). The van der Waals surface area contributed by atoms with Crippen molar-refractivity contribution in [1.82, 2.24) is 15.5 Å². The van der Waals surface area contributed by atoms with Gasteiger partial charge in [-0.3, -0.25) is 15.0 Å². The number of hydrogen-bond donors (Lipinski definition) is 3. The number of nitrogens with one attached hydrogen (secondary N) is 2. The molecule has 0 saturated carbocycles. The van der Waals surface area contributed by atoms with Crippen LogP contribution < -0.4 is 10.6 Å². The summed E-state index contributed by atoms with van der Waals surface area (Å²) in [4.78, 5) is 24.5. The van der Waals surface area contributed by atoms with Crippen molar-refractivity contribution in [3.05, 3.63) is 0 Å². The fourth-order valence-corrected chi connectivity index (χ4v) is 1.97. The zero-order valence-corrected chi connectivity index (χ0v) is 10.4. The van der Waals surface area contributed by atoms with Gasteiger partial charge in [0.05, 0.1) is 12.6 Å². The summed E-state index contributed by atoms with van der Waals surface area (Å²) in [6, 6.07) is -0.455. The zero-order valence-electron chi connectivity index (χ0n) is 10.4. The van der Waals surface area contributed by atoms with Crippen LogP contribution in [0.15, 0.2) is 0 Å². The second-order valence-corrected chi connectivity index (χ2v) is 4.43. The molecule has 0 aliphatic carbocycles. The molecular formula is C11H21N3O3. The van der Waals surface area contributed by atoms with Gasteiger partial charge in [-0.25, -0.2) is 4.79 Å². The number of aliphatic hydroxyl groups excluding tert-OH is 1. The van der Waals surface area contributed by atoms with Crippen LogP contribution in [0.4, 0.5) is 4.79 Å². The van der Waals surface area contributed by atoms with Crippen LogP contribution in [0.2, 0.25) is 0 Å². The number of hydrogen-bond acceptors (Lipinski definition) is 4. The van der Waals surface area contributed by atoms with Gasteiger partial charge in [0.2, 0.25) is 5.91 Å². The Bertz CT molecular complexity index is 281. The molecule has 0 radical (unpaired) electrons. The molecule has 17 heavy (non-hydrogen) atoms. The highest BCUT2D eigenvalue weighted by Crippen LogP contribution is 2.18. The molecule has 0 spiro atoms. The minimum absolute atomic E-state index is 0.209. The Morgan fingerprint density at radius 1 is 1.53 bits per heavy atom. The number of carbonyl (C=O) groups excluding carboxylic acids is 2. The SMILES string of the molecule is CCNC(=O)NC(=O)CN1CCC(C(C)O)C1. The molecule has 1 aliphatic rings. The number of carbonyl (C=O) groups is 2. The number of urea groups is 1. The van der Waals surface area contributed by atoms with Crippen LogP contribution in [-0.2, 0) is 4.79 Å². The summed E-state index contributed by atoms with van der Waals surface area (Å²) >= 11 is 0. The Balaban J connectivity index is 2.26. The largest absolute Gasteiger partial charge is 0.393 e. The first kappa shape index (κ1) is 13.9. The molecule has 2 unspecified atom stereocenters. The van der Waals surface area contributed by atoms with Crippen molar-refractivity contribution in [2.24, 2.45) is 5.92 Å². The molecule has 6 heteroatoms. The van der Waals surface area contributed by atoms with E-state index in [1.807, 2.05) is 4.90 Å². The van der Waals surface area contributed by atoms with Gasteiger partial charge >= 0.3 is 6.03 Å². The molecule has 0 aromatic rings. The van der Waals surface area contributed by atoms with Crippen LogP contribution in [-0.4, -0.2) is 54.2 Å². The van der Waals surface area contributed by atoms with E-state index < -0.39 is 6.03 Å². The number of rotatable bonds is 4. The first-order valence-corrected chi connectivity index (χ1v) is 6.01. The van der Waals surface area contributed by atoms with Gasteiger partial charge < -0.3 is 10.4 Å². The highest BCUT2D eigenvalue weighted by molar-refractivity contribution is 5.95. The van der Waals surface area contributed by atoms with E-state index in [4.69, 9.17) is 0 Å². The molecule has 2 atom stereocenters. The van der Waals surface area contributed by atoms with Gasteiger partial charge in [0.15, 0.2) is 0 Å². The number of amides is 3. The Hall–Kier alpha value is -1.14. The van der Waals surface area contributed by atoms with E-state index in [9.17, 15) is 14.7 Å². The monoisotopic (exact) mass is 243 g/mol. The van der Waals surface area contributed by atoms with Gasteiger partial charge in [-0.1, -0.05) is 0 Å². The summed E-state index contributed by atoms with van der Waals surface area (Å²) in [5, 5.41) is 14.2. The van der Waals surface area contributed by atoms with Crippen LogP contribution in [0, 0.1) is 5.92 Å². The van der Waals surface area contributed by atoms with Crippen LogP contribution in [0.3, 0.4) is 0 Å². The predicted molar refractivity (Wildman–Crippen MR) is 63.4 cm³/mol. The fraction of sp³-hybridized carbons (Fsp3) is 0.818. The lowest BCUT2D eigenvalue weighted by molar-refractivity contribution is -0.121. The minimum Gasteiger partial charge on any atom is -0.393 e. The van der Waals surface area contributed by atoms with E-state index in [1.54, 1.807) is 13.8 Å². The van der Waals surface area contributed by atoms with Gasteiger partial charge in [-0.05, 0) is 32.7 Å². The third-order valence-corrected chi connectivity index (χ3v) is 2.95. The predicted octanol–water partition coefficient (Wildman–Crippen LogP) is -0.465. The van der Waals surface area contributed by atoms with Gasteiger partial charge in [-0.2, -0.15) is 0 Å². The number of aliphatic hydroxyl groups is 1. The van der Waals surface area contributed by atoms with Crippen molar-refractivity contribution in [3.8, 4) is 0 Å². The standard InChI is InChI=1S/C11H21N3O3/c1-3-12-11(17)13-10(16)7-14-5-4-9(6-14)8(2)15/h8-9,15H,3-7H2,1-2H3,(H2,12,13,16,17). The zero-order chi connectivity index (χ0) is 12.8. The summed E-state index contributed by atoms with van der Waals surface area (Å²) in [7, 11) is 0. The van der Waals surface area contributed by atoms with Crippen LogP contribution in [0.5, 0.6) is 0 Å². The topological polar surface area (TPSA) is 81.7 Å². The quantitative estimate of drug-likeness (QED) is 0.624. The van der Waals surface area contributed by atoms with E-state index in [2.05, 4.69) is 10.6 Å². The first-order chi connectivity index (χ1) is 8.02. The molecule has 0 aromatic carbocycles. The third kappa shape index (κ3) is 4.70. The summed E-state index contributed by atoms with van der Waals surface area (Å²) in [6.07, 6.45) is 0.554. The lowest BCUT2D eigenvalue weighted by atomic mass is 10.0. The normalized spacial score (nSPS) is 22.2. The molecule has 0 bridgehead atoms. The van der Waals surface area contributed by atoms with Gasteiger partial charge in [0, 0.05) is 13.1 Å². The van der Waals surface area contributed by atoms with Crippen molar-refractivity contribution < 1.29 is 14.7 Å². The van der Waals surface area contributed by atoms with E-state index >= 15 is 0 Å². The lowest BCUT2D eigenvalue weighted by Gasteiger charge is -2.16. The first-order valence-electron chi connectivity index (χ1n) is 6.01. The molecule has 6 nitrogen and oxygen atoms in total.